The molecule has 0 aromatic heterocycles. The Labute approximate surface area is 153 Å². The van der Waals surface area contributed by atoms with Gasteiger partial charge in [-0.3, -0.25) is 19.9 Å². The van der Waals surface area contributed by atoms with E-state index in [1.54, 1.807) is 0 Å². The van der Waals surface area contributed by atoms with E-state index in [0.29, 0.717) is 5.69 Å². The van der Waals surface area contributed by atoms with E-state index in [4.69, 9.17) is 0 Å². The van der Waals surface area contributed by atoms with Crippen molar-refractivity contribution in [3.63, 3.8) is 0 Å². The Hall–Kier alpha value is -3.01. The van der Waals surface area contributed by atoms with E-state index >= 15 is 0 Å². The van der Waals surface area contributed by atoms with Crippen molar-refractivity contribution in [1.82, 2.24) is 0 Å². The Kier molecular flexibility index (Phi) is 3.88. The number of hydrogen-bond donors (Lipinski definition) is 0. The highest BCUT2D eigenvalue weighted by Crippen LogP contribution is 2.38. The molecule has 0 spiro atoms. The van der Waals surface area contributed by atoms with E-state index in [2.05, 4.69) is 0 Å². The average Bonchev–Trinajstić information content (AvgIpc) is 3.04. The lowest BCUT2D eigenvalue weighted by Gasteiger charge is -2.22. The number of carbonyl (C=O) groups is 1. The maximum absolute atomic E-state index is 13.3. The normalized spacial score (nSPS) is 23.5. The third kappa shape index (κ3) is 2.91. The van der Waals surface area contributed by atoms with Gasteiger partial charge < -0.3 is 0 Å². The molecule has 2 saturated heterocycles. The van der Waals surface area contributed by atoms with Crippen LogP contribution in [-0.2, 0) is 9.84 Å². The van der Waals surface area contributed by atoms with Crippen molar-refractivity contribution in [2.75, 3.05) is 21.3 Å². The van der Waals surface area contributed by atoms with Crippen molar-refractivity contribution in [2.24, 2.45) is 0 Å². The van der Waals surface area contributed by atoms with Crippen LogP contribution in [0.4, 0.5) is 26.2 Å². The Morgan fingerprint density at radius 2 is 1.59 bits per heavy atom. The smallest absolute Gasteiger partial charge is 0.288 e. The number of hydrogen-bond acceptors (Lipinski definition) is 5. The van der Waals surface area contributed by atoms with E-state index in [9.17, 15) is 27.7 Å². The van der Waals surface area contributed by atoms with Crippen LogP contribution < -0.4 is 9.80 Å². The topological polar surface area (TPSA) is 101 Å². The summed E-state index contributed by atoms with van der Waals surface area (Å²) in [6.45, 7) is 0. The molecule has 2 amide bonds. The van der Waals surface area contributed by atoms with Crippen molar-refractivity contribution in [3.8, 4) is 0 Å². The van der Waals surface area contributed by atoms with Crippen molar-refractivity contribution in [1.29, 1.82) is 0 Å². The summed E-state index contributed by atoms with van der Waals surface area (Å²) in [4.78, 5) is 26.2. The molecule has 0 saturated carbocycles. The van der Waals surface area contributed by atoms with Crippen LogP contribution >= 0.6 is 0 Å². The van der Waals surface area contributed by atoms with Gasteiger partial charge in [0.05, 0.1) is 34.2 Å². The predicted molar refractivity (Wildman–Crippen MR) is 96.1 cm³/mol. The minimum absolute atomic E-state index is 0.196. The molecule has 2 heterocycles. The highest BCUT2D eigenvalue weighted by molar-refractivity contribution is 7.91. The number of carbonyl (C=O) groups excluding carboxylic acids is 1. The van der Waals surface area contributed by atoms with Crippen molar-refractivity contribution >= 4 is 32.9 Å². The molecule has 2 fully saturated rings. The molecule has 4 rings (SSSR count). The van der Waals surface area contributed by atoms with Crippen LogP contribution in [0.2, 0.25) is 0 Å². The van der Waals surface area contributed by atoms with Gasteiger partial charge in [-0.25, -0.2) is 17.6 Å². The summed E-state index contributed by atoms with van der Waals surface area (Å²) < 4.78 is 37.7. The minimum atomic E-state index is -3.39. The first-order chi connectivity index (χ1) is 12.8. The number of nitro groups is 1. The molecule has 8 nitrogen and oxygen atoms in total. The Morgan fingerprint density at radius 1 is 1.00 bits per heavy atom. The number of rotatable bonds is 3. The third-order valence-corrected chi connectivity index (χ3v) is 6.49. The number of halogens is 1. The largest absolute Gasteiger partial charge is 0.329 e. The molecule has 2 aliphatic heterocycles. The Bertz CT molecular complexity index is 1040. The van der Waals surface area contributed by atoms with Crippen LogP contribution in [0.25, 0.3) is 0 Å². The van der Waals surface area contributed by atoms with Gasteiger partial charge in [0.2, 0.25) is 0 Å². The van der Waals surface area contributed by atoms with Crippen LogP contribution in [-0.4, -0.2) is 43.0 Å². The summed E-state index contributed by atoms with van der Waals surface area (Å²) in [7, 11) is -3.39. The maximum atomic E-state index is 13.3. The van der Waals surface area contributed by atoms with E-state index < -0.39 is 38.7 Å². The Balaban J connectivity index is 1.80. The lowest BCUT2D eigenvalue weighted by Crippen LogP contribution is -2.37. The maximum Gasteiger partial charge on any atom is 0.329 e. The molecule has 2 aromatic rings. The summed E-state index contributed by atoms with van der Waals surface area (Å²) in [5.41, 5.74) is 0.435. The molecular formula is C17H14FN3O5S. The number of sulfone groups is 1. The SMILES string of the molecule is O=C1N(c2ccc(F)cc2)[C@H]2CS(=O)(=O)C[C@@H]2N1c1cccc([N+](=O)[O-])c1. The molecule has 10 heteroatoms. The summed E-state index contributed by atoms with van der Waals surface area (Å²) in [6.07, 6.45) is 0. The van der Waals surface area contributed by atoms with Crippen molar-refractivity contribution in [3.05, 3.63) is 64.5 Å². The van der Waals surface area contributed by atoms with Gasteiger partial charge in [0.15, 0.2) is 9.84 Å². The predicted octanol–water partition coefficient (Wildman–Crippen LogP) is 2.35. The van der Waals surface area contributed by atoms with Gasteiger partial charge in [-0.05, 0) is 30.3 Å². The van der Waals surface area contributed by atoms with E-state index in [1.165, 1.54) is 58.3 Å². The highest BCUT2D eigenvalue weighted by Gasteiger charge is 2.54. The second-order valence-corrected chi connectivity index (χ2v) is 8.64. The number of benzene rings is 2. The standard InChI is InChI=1S/C17H14FN3O5S/c18-11-4-6-12(7-5-11)19-15-9-27(25,26)10-16(15)20(17(19)22)13-2-1-3-14(8-13)21(23)24/h1-8,15-16H,9-10H2/t15-,16-/m0/s1. The van der Waals surface area contributed by atoms with Crippen LogP contribution in [0.1, 0.15) is 0 Å². The van der Waals surface area contributed by atoms with Gasteiger partial charge >= 0.3 is 6.03 Å². The molecule has 140 valence electrons. The molecule has 0 unspecified atom stereocenters. The van der Waals surface area contributed by atoms with E-state index in [-0.39, 0.29) is 22.9 Å². The zero-order valence-electron chi connectivity index (χ0n) is 13.9. The van der Waals surface area contributed by atoms with Gasteiger partial charge in [0.1, 0.15) is 5.82 Å². The molecule has 0 bridgehead atoms. The molecular weight excluding hydrogens is 377 g/mol. The monoisotopic (exact) mass is 391 g/mol. The van der Waals surface area contributed by atoms with Gasteiger partial charge in [-0.15, -0.1) is 0 Å². The average molecular weight is 391 g/mol. The first kappa shape index (κ1) is 17.4. The molecule has 2 aliphatic rings. The number of amides is 2. The molecule has 0 radical (unpaired) electrons. The van der Waals surface area contributed by atoms with Crippen LogP contribution in [0.3, 0.4) is 0 Å². The number of fused-ring (bicyclic) bond motifs is 1. The second-order valence-electron chi connectivity index (χ2n) is 6.49. The molecule has 27 heavy (non-hydrogen) atoms. The third-order valence-electron chi connectivity index (χ3n) is 4.79. The summed E-state index contributed by atoms with van der Waals surface area (Å²) in [5, 5.41) is 11.1. The van der Waals surface area contributed by atoms with Crippen molar-refractivity contribution < 1.29 is 22.5 Å². The fourth-order valence-corrected chi connectivity index (χ4v) is 5.58. The van der Waals surface area contributed by atoms with Gasteiger partial charge in [0.25, 0.3) is 5.69 Å². The quantitative estimate of drug-likeness (QED) is 0.454. The zero-order chi connectivity index (χ0) is 19.3. The van der Waals surface area contributed by atoms with Crippen molar-refractivity contribution in [2.45, 2.75) is 12.1 Å². The summed E-state index contributed by atoms with van der Waals surface area (Å²) in [5.74, 6) is -0.924. The number of anilines is 2. The zero-order valence-corrected chi connectivity index (χ0v) is 14.7. The summed E-state index contributed by atoms with van der Waals surface area (Å²) in [6, 6.07) is 8.90. The minimum Gasteiger partial charge on any atom is -0.288 e. The number of non-ortho nitro benzene ring substituents is 1. The molecule has 2 aromatic carbocycles. The molecule has 0 N–H and O–H groups in total. The van der Waals surface area contributed by atoms with Crippen LogP contribution in [0.5, 0.6) is 0 Å². The highest BCUT2D eigenvalue weighted by atomic mass is 32.2. The van der Waals surface area contributed by atoms with Crippen LogP contribution in [0.15, 0.2) is 48.5 Å². The fourth-order valence-electron chi connectivity index (χ4n) is 3.67. The molecule has 0 aliphatic carbocycles. The second kappa shape index (κ2) is 6.02. The van der Waals surface area contributed by atoms with Gasteiger partial charge in [0, 0.05) is 17.8 Å². The first-order valence-electron chi connectivity index (χ1n) is 8.10. The summed E-state index contributed by atoms with van der Waals surface area (Å²) >= 11 is 0. The van der Waals surface area contributed by atoms with E-state index in [1.807, 2.05) is 0 Å². The first-order valence-corrected chi connectivity index (χ1v) is 9.92. The fraction of sp³-hybridized carbons (Fsp3) is 0.235. The lowest BCUT2D eigenvalue weighted by atomic mass is 10.1. The number of nitrogens with zero attached hydrogens (tertiary/aromatic N) is 3. The Morgan fingerprint density at radius 3 is 2.19 bits per heavy atom. The number of nitro benzene ring substituents is 1. The lowest BCUT2D eigenvalue weighted by molar-refractivity contribution is -0.384. The number of urea groups is 1. The van der Waals surface area contributed by atoms with Gasteiger partial charge in [-0.2, -0.15) is 0 Å². The van der Waals surface area contributed by atoms with Crippen LogP contribution in [0, 0.1) is 15.9 Å². The van der Waals surface area contributed by atoms with Gasteiger partial charge in [-0.1, -0.05) is 6.07 Å². The molecule has 2 atom stereocenters. The van der Waals surface area contributed by atoms with E-state index in [0.717, 1.165) is 0 Å².